The van der Waals surface area contributed by atoms with Crippen molar-refractivity contribution < 1.29 is 9.53 Å². The third-order valence-corrected chi connectivity index (χ3v) is 5.12. The van der Waals surface area contributed by atoms with Crippen LogP contribution in [-0.2, 0) is 4.74 Å². The quantitative estimate of drug-likeness (QED) is 0.503. The monoisotopic (exact) mass is 391 g/mol. The summed E-state index contributed by atoms with van der Waals surface area (Å²) in [6.07, 6.45) is 3.39. The van der Waals surface area contributed by atoms with Gasteiger partial charge >= 0.3 is 0 Å². The van der Waals surface area contributed by atoms with Gasteiger partial charge in [-0.2, -0.15) is 0 Å². The summed E-state index contributed by atoms with van der Waals surface area (Å²) in [6.45, 7) is 5.28. The standard InChI is InChI=1S/C22H25N5O2/c1-15(2)26-17-9-6-5-8-16(17)20-18(26)14-19(21(28)25(3)12-13-29-4)27(20)22-23-10-7-11-24-22/h5-11,14-15H,12-13H2,1-4H3. The number of carbonyl (C=O) groups excluding carboxylic acids is 1. The van der Waals surface area contributed by atoms with Crippen LogP contribution in [0.3, 0.4) is 0 Å². The van der Waals surface area contributed by atoms with E-state index in [0.717, 1.165) is 21.9 Å². The molecule has 0 radical (unpaired) electrons. The van der Waals surface area contributed by atoms with E-state index in [9.17, 15) is 4.79 Å². The van der Waals surface area contributed by atoms with Crippen molar-refractivity contribution in [2.45, 2.75) is 19.9 Å². The lowest BCUT2D eigenvalue weighted by Gasteiger charge is -2.18. The molecule has 0 spiro atoms. The summed E-state index contributed by atoms with van der Waals surface area (Å²) >= 11 is 0. The highest BCUT2D eigenvalue weighted by atomic mass is 16.5. The van der Waals surface area contributed by atoms with E-state index in [-0.39, 0.29) is 11.9 Å². The van der Waals surface area contributed by atoms with Gasteiger partial charge in [-0.3, -0.25) is 9.36 Å². The van der Waals surface area contributed by atoms with Crippen molar-refractivity contribution in [3.05, 3.63) is 54.5 Å². The summed E-state index contributed by atoms with van der Waals surface area (Å²) in [5.41, 5.74) is 3.62. The number of fused-ring (bicyclic) bond motifs is 3. The average molecular weight is 391 g/mol. The maximum atomic E-state index is 13.3. The van der Waals surface area contributed by atoms with Crippen LogP contribution in [0.1, 0.15) is 30.4 Å². The maximum absolute atomic E-state index is 13.3. The second-order valence-electron chi connectivity index (χ2n) is 7.35. The fourth-order valence-electron chi connectivity index (χ4n) is 3.81. The molecule has 0 saturated carbocycles. The lowest BCUT2D eigenvalue weighted by molar-refractivity contribution is 0.0736. The largest absolute Gasteiger partial charge is 0.383 e. The van der Waals surface area contributed by atoms with Gasteiger partial charge in [-0.15, -0.1) is 0 Å². The van der Waals surface area contributed by atoms with Crippen molar-refractivity contribution in [3.8, 4) is 5.95 Å². The van der Waals surface area contributed by atoms with Crippen LogP contribution in [0.5, 0.6) is 0 Å². The fraction of sp³-hybridized carbons (Fsp3) is 0.318. The number of para-hydroxylation sites is 1. The second-order valence-corrected chi connectivity index (χ2v) is 7.35. The van der Waals surface area contributed by atoms with Gasteiger partial charge in [-0.25, -0.2) is 9.97 Å². The number of benzene rings is 1. The van der Waals surface area contributed by atoms with E-state index in [1.165, 1.54) is 0 Å². The van der Waals surface area contributed by atoms with Crippen LogP contribution in [0.15, 0.2) is 48.8 Å². The number of aromatic nitrogens is 4. The predicted octanol–water partition coefficient (Wildman–Crippen LogP) is 3.67. The number of ether oxygens (including phenoxy) is 1. The van der Waals surface area contributed by atoms with Crippen molar-refractivity contribution in [1.29, 1.82) is 0 Å². The number of hydrogen-bond donors (Lipinski definition) is 0. The van der Waals surface area contributed by atoms with E-state index in [2.05, 4.69) is 40.5 Å². The first-order chi connectivity index (χ1) is 14.0. The lowest BCUT2D eigenvalue weighted by Crippen LogP contribution is -2.31. The highest BCUT2D eigenvalue weighted by molar-refractivity contribution is 6.11. The topological polar surface area (TPSA) is 65.2 Å². The van der Waals surface area contributed by atoms with Crippen LogP contribution < -0.4 is 0 Å². The first-order valence-corrected chi connectivity index (χ1v) is 9.70. The molecule has 0 unspecified atom stereocenters. The molecule has 0 fully saturated rings. The van der Waals surface area contributed by atoms with E-state index >= 15 is 0 Å². The minimum absolute atomic E-state index is 0.0925. The van der Waals surface area contributed by atoms with Gasteiger partial charge in [-0.1, -0.05) is 18.2 Å². The smallest absolute Gasteiger partial charge is 0.270 e. The molecule has 0 N–H and O–H groups in total. The molecule has 7 heteroatoms. The molecule has 0 bridgehead atoms. The molecule has 3 heterocycles. The lowest BCUT2D eigenvalue weighted by atomic mass is 10.2. The third kappa shape index (κ3) is 3.17. The molecular formula is C22H25N5O2. The third-order valence-electron chi connectivity index (χ3n) is 5.12. The Morgan fingerprint density at radius 2 is 1.86 bits per heavy atom. The van der Waals surface area contributed by atoms with Crippen LogP contribution in [0.4, 0.5) is 0 Å². The highest BCUT2D eigenvalue weighted by Crippen LogP contribution is 2.35. The molecule has 1 amide bonds. The molecule has 0 atom stereocenters. The van der Waals surface area contributed by atoms with Crippen molar-refractivity contribution in [2.75, 3.05) is 27.3 Å². The first-order valence-electron chi connectivity index (χ1n) is 9.70. The number of methoxy groups -OCH3 is 1. The van der Waals surface area contributed by atoms with Gasteiger partial charge < -0.3 is 14.2 Å². The molecule has 7 nitrogen and oxygen atoms in total. The summed E-state index contributed by atoms with van der Waals surface area (Å²) in [4.78, 5) is 23.9. The van der Waals surface area contributed by atoms with Gasteiger partial charge in [0.25, 0.3) is 5.91 Å². The van der Waals surface area contributed by atoms with Crippen molar-refractivity contribution >= 4 is 27.8 Å². The average Bonchev–Trinajstić information content (AvgIpc) is 3.26. The Hall–Kier alpha value is -3.19. The molecule has 150 valence electrons. The van der Waals surface area contributed by atoms with Gasteiger partial charge in [0.15, 0.2) is 0 Å². The zero-order valence-electron chi connectivity index (χ0n) is 17.2. The number of hydrogen-bond acceptors (Lipinski definition) is 4. The number of amides is 1. The maximum Gasteiger partial charge on any atom is 0.270 e. The zero-order valence-corrected chi connectivity index (χ0v) is 17.2. The van der Waals surface area contributed by atoms with Crippen LogP contribution >= 0.6 is 0 Å². The Morgan fingerprint density at radius 3 is 2.55 bits per heavy atom. The molecule has 1 aromatic carbocycles. The molecule has 29 heavy (non-hydrogen) atoms. The number of likely N-dealkylation sites (N-methyl/N-ethyl adjacent to an activating group) is 1. The molecule has 0 aliphatic heterocycles. The van der Waals surface area contributed by atoms with Gasteiger partial charge in [-0.05, 0) is 32.0 Å². The fourth-order valence-corrected chi connectivity index (χ4v) is 3.81. The van der Waals surface area contributed by atoms with E-state index < -0.39 is 0 Å². The molecule has 4 aromatic rings. The van der Waals surface area contributed by atoms with E-state index in [0.29, 0.717) is 24.8 Å². The Bertz CT molecular complexity index is 1160. The summed E-state index contributed by atoms with van der Waals surface area (Å²) in [5, 5.41) is 1.07. The van der Waals surface area contributed by atoms with Crippen LogP contribution in [0.25, 0.3) is 27.9 Å². The molecule has 0 aliphatic carbocycles. The molecule has 0 aliphatic rings. The molecule has 0 saturated heterocycles. The van der Waals surface area contributed by atoms with Gasteiger partial charge in [0.2, 0.25) is 5.95 Å². The van der Waals surface area contributed by atoms with E-state index in [4.69, 9.17) is 4.74 Å². The molecule has 4 rings (SSSR count). The van der Waals surface area contributed by atoms with E-state index in [1.54, 1.807) is 37.5 Å². The molecule has 3 aromatic heterocycles. The first kappa shape index (κ1) is 19.1. The normalized spacial score (nSPS) is 11.6. The van der Waals surface area contributed by atoms with Crippen LogP contribution in [0.2, 0.25) is 0 Å². The van der Waals surface area contributed by atoms with Gasteiger partial charge in [0, 0.05) is 44.5 Å². The summed E-state index contributed by atoms with van der Waals surface area (Å²) in [7, 11) is 3.41. The SMILES string of the molecule is COCCN(C)C(=O)c1cc2c(c3ccccc3n2C(C)C)n1-c1ncccn1. The van der Waals surface area contributed by atoms with Crippen molar-refractivity contribution in [1.82, 2.24) is 24.0 Å². The Balaban J connectivity index is 2.04. The van der Waals surface area contributed by atoms with Crippen molar-refractivity contribution in [3.63, 3.8) is 0 Å². The molecular weight excluding hydrogens is 366 g/mol. The van der Waals surface area contributed by atoms with Gasteiger partial charge in [0.05, 0.1) is 23.2 Å². The second kappa shape index (κ2) is 7.67. The Kier molecular flexibility index (Phi) is 5.07. The number of nitrogens with zero attached hydrogens (tertiary/aromatic N) is 5. The predicted molar refractivity (Wildman–Crippen MR) is 114 cm³/mol. The summed E-state index contributed by atoms with van der Waals surface area (Å²) in [5.74, 6) is 0.391. The number of rotatable bonds is 6. The van der Waals surface area contributed by atoms with Crippen molar-refractivity contribution in [2.24, 2.45) is 0 Å². The zero-order chi connectivity index (χ0) is 20.5. The minimum Gasteiger partial charge on any atom is -0.383 e. The summed E-state index contributed by atoms with van der Waals surface area (Å²) < 4.78 is 9.27. The van der Waals surface area contributed by atoms with Crippen LogP contribution in [-0.4, -0.2) is 57.2 Å². The van der Waals surface area contributed by atoms with Gasteiger partial charge in [0.1, 0.15) is 5.69 Å². The number of carbonyl (C=O) groups is 1. The Labute approximate surface area is 169 Å². The minimum atomic E-state index is -0.0925. The van der Waals surface area contributed by atoms with E-state index in [1.807, 2.05) is 22.8 Å². The van der Waals surface area contributed by atoms with Crippen LogP contribution in [0, 0.1) is 0 Å². The summed E-state index contributed by atoms with van der Waals surface area (Å²) in [6, 6.07) is 12.2. The Morgan fingerprint density at radius 1 is 1.14 bits per heavy atom. The highest BCUT2D eigenvalue weighted by Gasteiger charge is 2.26.